The van der Waals surface area contributed by atoms with E-state index in [1.54, 1.807) is 24.4 Å². The smallest absolute Gasteiger partial charge is 0.397 e. The van der Waals surface area contributed by atoms with Gasteiger partial charge < -0.3 is 19.9 Å². The number of carbonyl (C=O) groups is 1. The lowest BCUT2D eigenvalue weighted by molar-refractivity contribution is -0.162. The molecule has 2 N–H and O–H groups in total. The second-order valence-corrected chi connectivity index (χ2v) is 9.15. The molecule has 0 radical (unpaired) electrons. The minimum Gasteiger partial charge on any atom is -0.481 e. The monoisotopic (exact) mass is 543 g/mol. The number of amides is 1. The molecule has 204 valence electrons. The van der Waals surface area contributed by atoms with Gasteiger partial charge in [-0.2, -0.15) is 13.2 Å². The van der Waals surface area contributed by atoms with Crippen molar-refractivity contribution in [2.24, 2.45) is 0 Å². The number of anilines is 2. The first-order valence-electron chi connectivity index (χ1n) is 12.2. The van der Waals surface area contributed by atoms with Crippen molar-refractivity contribution >= 4 is 28.7 Å². The van der Waals surface area contributed by atoms with Crippen LogP contribution in [0.5, 0.6) is 5.88 Å². The van der Waals surface area contributed by atoms with E-state index in [4.69, 9.17) is 4.74 Å². The first kappa shape index (κ1) is 26.4. The van der Waals surface area contributed by atoms with Gasteiger partial charge >= 0.3 is 6.18 Å². The SMILES string of the molecule is COc1cc(-c2ccc3nc(Nc4cc(CN5CCN(C(=O)CC(F)(F)F)CC5)ccn4)[nH]c3c2)c(F)cn1. The summed E-state index contributed by atoms with van der Waals surface area (Å²) in [6, 6.07) is 10.6. The van der Waals surface area contributed by atoms with Gasteiger partial charge in [-0.25, -0.2) is 19.3 Å². The lowest BCUT2D eigenvalue weighted by Crippen LogP contribution is -2.49. The van der Waals surface area contributed by atoms with Crippen LogP contribution in [-0.2, 0) is 11.3 Å². The number of imidazole rings is 1. The molecule has 0 aliphatic carbocycles. The summed E-state index contributed by atoms with van der Waals surface area (Å²) >= 11 is 0. The third-order valence-electron chi connectivity index (χ3n) is 6.39. The quantitative estimate of drug-likeness (QED) is 0.331. The molecule has 0 atom stereocenters. The van der Waals surface area contributed by atoms with Crippen LogP contribution in [0.3, 0.4) is 0 Å². The number of rotatable bonds is 7. The van der Waals surface area contributed by atoms with Crippen LogP contribution in [0.1, 0.15) is 12.0 Å². The van der Waals surface area contributed by atoms with Crippen molar-refractivity contribution in [1.29, 1.82) is 0 Å². The number of aromatic nitrogens is 4. The largest absolute Gasteiger partial charge is 0.481 e. The fourth-order valence-corrected chi connectivity index (χ4v) is 4.45. The first-order chi connectivity index (χ1) is 18.7. The van der Waals surface area contributed by atoms with E-state index in [0.717, 1.165) is 11.8 Å². The molecule has 39 heavy (non-hydrogen) atoms. The normalized spacial score (nSPS) is 14.5. The molecule has 0 bridgehead atoms. The minimum absolute atomic E-state index is 0.252. The van der Waals surface area contributed by atoms with E-state index in [9.17, 15) is 22.4 Å². The number of alkyl halides is 3. The van der Waals surface area contributed by atoms with Gasteiger partial charge in [0.2, 0.25) is 17.7 Å². The van der Waals surface area contributed by atoms with Crippen molar-refractivity contribution in [2.45, 2.75) is 19.1 Å². The summed E-state index contributed by atoms with van der Waals surface area (Å²) in [4.78, 5) is 31.1. The van der Waals surface area contributed by atoms with Crippen LogP contribution in [0.15, 0.2) is 48.8 Å². The number of methoxy groups -OCH3 is 1. The van der Waals surface area contributed by atoms with Gasteiger partial charge in [-0.1, -0.05) is 6.07 Å². The number of nitrogens with one attached hydrogen (secondary N) is 2. The molecule has 0 unspecified atom stereocenters. The van der Waals surface area contributed by atoms with Crippen LogP contribution in [0.4, 0.5) is 29.3 Å². The lowest BCUT2D eigenvalue weighted by atomic mass is 10.1. The molecule has 4 heterocycles. The van der Waals surface area contributed by atoms with Crippen LogP contribution >= 0.6 is 0 Å². The number of ether oxygens (including phenoxy) is 1. The Balaban J connectivity index is 1.23. The maximum absolute atomic E-state index is 14.4. The maximum atomic E-state index is 14.4. The Bertz CT molecular complexity index is 1480. The number of carbonyl (C=O) groups excluding carboxylic acids is 1. The van der Waals surface area contributed by atoms with Crippen LogP contribution in [0, 0.1) is 5.82 Å². The second kappa shape index (κ2) is 10.8. The number of benzene rings is 1. The van der Waals surface area contributed by atoms with E-state index in [2.05, 4.69) is 30.2 Å². The molecule has 3 aromatic heterocycles. The van der Waals surface area contributed by atoms with Crippen LogP contribution in [0.25, 0.3) is 22.2 Å². The van der Waals surface area contributed by atoms with Crippen molar-refractivity contribution in [3.05, 3.63) is 60.2 Å². The summed E-state index contributed by atoms with van der Waals surface area (Å²) in [5, 5.41) is 3.14. The Morgan fingerprint density at radius 3 is 2.64 bits per heavy atom. The highest BCUT2D eigenvalue weighted by molar-refractivity contribution is 5.84. The first-order valence-corrected chi connectivity index (χ1v) is 12.2. The molecule has 1 aliphatic rings. The Labute approximate surface area is 220 Å². The summed E-state index contributed by atoms with van der Waals surface area (Å²) < 4.78 is 57.0. The number of H-pyrrole nitrogens is 1. The summed E-state index contributed by atoms with van der Waals surface area (Å²) in [7, 11) is 1.47. The highest BCUT2D eigenvalue weighted by Crippen LogP contribution is 2.29. The summed E-state index contributed by atoms with van der Waals surface area (Å²) in [5.41, 5.74) is 3.31. The van der Waals surface area contributed by atoms with E-state index in [-0.39, 0.29) is 13.1 Å². The molecule has 1 aromatic carbocycles. The molecule has 13 heteroatoms. The molecule has 1 amide bonds. The van der Waals surface area contributed by atoms with Gasteiger partial charge in [0.05, 0.1) is 24.3 Å². The van der Waals surface area contributed by atoms with Crippen molar-refractivity contribution in [2.75, 3.05) is 38.6 Å². The summed E-state index contributed by atoms with van der Waals surface area (Å²) in [6.45, 7) is 2.02. The van der Waals surface area contributed by atoms with E-state index in [1.807, 2.05) is 12.1 Å². The standard InChI is InChI=1S/C26H25F4N7O2/c1-39-23-12-18(19(27)14-32-23)17-2-3-20-21(11-17)34-25(33-20)35-22-10-16(4-5-31-22)15-36-6-8-37(9-7-36)24(38)13-26(28,29)30/h2-5,10-12,14H,6-9,13,15H2,1H3,(H2,31,33,34,35). The van der Waals surface area contributed by atoms with Gasteiger partial charge in [-0.15, -0.1) is 0 Å². The minimum atomic E-state index is -4.50. The molecule has 0 spiro atoms. The molecule has 4 aromatic rings. The van der Waals surface area contributed by atoms with Crippen LogP contribution < -0.4 is 10.1 Å². The second-order valence-electron chi connectivity index (χ2n) is 9.15. The van der Waals surface area contributed by atoms with Gasteiger partial charge in [-0.3, -0.25) is 9.69 Å². The third-order valence-corrected chi connectivity index (χ3v) is 6.39. The zero-order valence-electron chi connectivity index (χ0n) is 20.9. The number of aromatic amines is 1. The number of hydrogen-bond donors (Lipinski definition) is 2. The van der Waals surface area contributed by atoms with E-state index in [1.165, 1.54) is 18.1 Å². The van der Waals surface area contributed by atoms with Crippen molar-refractivity contribution < 1.29 is 27.1 Å². The number of piperazine rings is 1. The summed E-state index contributed by atoms with van der Waals surface area (Å²) in [6.07, 6.45) is -3.15. The predicted molar refractivity (Wildman–Crippen MR) is 136 cm³/mol. The van der Waals surface area contributed by atoms with Gasteiger partial charge in [-0.05, 0) is 35.4 Å². The Morgan fingerprint density at radius 2 is 1.90 bits per heavy atom. The lowest BCUT2D eigenvalue weighted by Gasteiger charge is -2.35. The molecule has 1 aliphatic heterocycles. The molecule has 0 saturated carbocycles. The zero-order valence-corrected chi connectivity index (χ0v) is 20.9. The van der Waals surface area contributed by atoms with Crippen LogP contribution in [0.2, 0.25) is 0 Å². The predicted octanol–water partition coefficient (Wildman–Crippen LogP) is 4.51. The van der Waals surface area contributed by atoms with Gasteiger partial charge in [0.1, 0.15) is 18.1 Å². The highest BCUT2D eigenvalue weighted by atomic mass is 19.4. The number of nitrogens with zero attached hydrogens (tertiary/aromatic N) is 5. The Morgan fingerprint density at radius 1 is 1.10 bits per heavy atom. The van der Waals surface area contributed by atoms with E-state index in [0.29, 0.717) is 59.4 Å². The fourth-order valence-electron chi connectivity index (χ4n) is 4.45. The van der Waals surface area contributed by atoms with Crippen molar-refractivity contribution in [3.63, 3.8) is 0 Å². The molecular formula is C26H25F4N7O2. The summed E-state index contributed by atoms with van der Waals surface area (Å²) in [5.74, 6) is -0.0437. The third kappa shape index (κ3) is 6.42. The average Bonchev–Trinajstić information content (AvgIpc) is 3.30. The van der Waals surface area contributed by atoms with E-state index >= 15 is 0 Å². The molecule has 1 fully saturated rings. The zero-order chi connectivity index (χ0) is 27.6. The Kier molecular flexibility index (Phi) is 7.33. The topological polar surface area (TPSA) is 99.3 Å². The maximum Gasteiger partial charge on any atom is 0.397 e. The number of fused-ring (bicyclic) bond motifs is 1. The number of hydrogen-bond acceptors (Lipinski definition) is 7. The fraction of sp³-hybridized carbons (Fsp3) is 0.308. The van der Waals surface area contributed by atoms with Crippen LogP contribution in [-0.4, -0.2) is 75.1 Å². The van der Waals surface area contributed by atoms with Gasteiger partial charge in [0, 0.05) is 50.6 Å². The molecule has 9 nitrogen and oxygen atoms in total. The van der Waals surface area contributed by atoms with Gasteiger partial charge in [0.15, 0.2) is 0 Å². The van der Waals surface area contributed by atoms with Crippen molar-refractivity contribution in [3.8, 4) is 17.0 Å². The number of halogens is 4. The molecule has 1 saturated heterocycles. The van der Waals surface area contributed by atoms with E-state index < -0.39 is 24.3 Å². The highest BCUT2D eigenvalue weighted by Gasteiger charge is 2.34. The molecule has 5 rings (SSSR count). The van der Waals surface area contributed by atoms with Gasteiger partial charge in [0.25, 0.3) is 0 Å². The Hall–Kier alpha value is -4.26. The number of pyridine rings is 2. The van der Waals surface area contributed by atoms with Crippen molar-refractivity contribution in [1.82, 2.24) is 29.7 Å². The molecular weight excluding hydrogens is 518 g/mol. The average molecular weight is 544 g/mol.